The number of hydrazone groups is 1. The Morgan fingerprint density at radius 2 is 1.67 bits per heavy atom. The number of primary amides is 1. The van der Waals surface area contributed by atoms with Gasteiger partial charge >= 0.3 is 12.0 Å². The Kier molecular flexibility index (Phi) is 6.29. The number of carbonyl (C=O) groups is 3. The minimum absolute atomic E-state index is 0.0673. The van der Waals surface area contributed by atoms with Crippen molar-refractivity contribution in [3.63, 3.8) is 0 Å². The Labute approximate surface area is 234 Å². The maximum Gasteiger partial charge on any atom is 0.332 e. The van der Waals surface area contributed by atoms with Crippen LogP contribution in [0.5, 0.6) is 0 Å². The molecule has 0 bridgehead atoms. The third kappa shape index (κ3) is 3.73. The summed E-state index contributed by atoms with van der Waals surface area (Å²) in [6.45, 7) is 16.1. The van der Waals surface area contributed by atoms with Crippen LogP contribution in [0, 0.1) is 50.2 Å². The molecule has 39 heavy (non-hydrogen) atoms. The SMILES string of the molecule is COC(=O)[C@@]1(C)CC[C@]2(C)CC[C@]3(C)C(=CC(=O)C4[C@@]5(C)CC/C(=N\NC(N)=O)C(C)(C)C5CC[C@]43C)[C@@H]2C1. The summed E-state index contributed by atoms with van der Waals surface area (Å²) in [7, 11) is 1.49. The number of carbonyl (C=O) groups excluding carboxylic acids is 3. The minimum atomic E-state index is -0.647. The van der Waals surface area contributed by atoms with Gasteiger partial charge in [0.15, 0.2) is 5.78 Å². The molecule has 4 saturated carbocycles. The van der Waals surface area contributed by atoms with E-state index in [9.17, 15) is 14.4 Å². The molecule has 0 aromatic rings. The first-order valence-corrected chi connectivity index (χ1v) is 15.0. The highest BCUT2D eigenvalue weighted by molar-refractivity contribution is 5.97. The molecule has 7 nitrogen and oxygen atoms in total. The average molecular weight is 540 g/mol. The van der Waals surface area contributed by atoms with Crippen LogP contribution in [0.3, 0.4) is 0 Å². The van der Waals surface area contributed by atoms with Crippen molar-refractivity contribution in [3.05, 3.63) is 11.6 Å². The summed E-state index contributed by atoms with van der Waals surface area (Å²) in [4.78, 5) is 38.7. The molecule has 0 radical (unpaired) electrons. The Balaban J connectivity index is 1.57. The fraction of sp³-hybridized carbons (Fsp3) is 0.812. The van der Waals surface area contributed by atoms with E-state index in [1.54, 1.807) is 0 Å². The second-order valence-electron chi connectivity index (χ2n) is 15.5. The van der Waals surface area contributed by atoms with Gasteiger partial charge < -0.3 is 10.5 Å². The third-order valence-corrected chi connectivity index (χ3v) is 13.3. The maximum atomic E-state index is 14.5. The summed E-state index contributed by atoms with van der Waals surface area (Å²) < 4.78 is 5.26. The molecule has 5 rings (SSSR count). The predicted octanol–water partition coefficient (Wildman–Crippen LogP) is 6.16. The molecular formula is C32H49N3O4. The van der Waals surface area contributed by atoms with Crippen molar-refractivity contribution in [2.75, 3.05) is 7.11 Å². The quantitative estimate of drug-likeness (QED) is 0.323. The first-order valence-electron chi connectivity index (χ1n) is 15.0. The fourth-order valence-electron chi connectivity index (χ4n) is 10.7. The van der Waals surface area contributed by atoms with E-state index in [-0.39, 0.29) is 56.6 Å². The van der Waals surface area contributed by atoms with Gasteiger partial charge in [-0.15, -0.1) is 0 Å². The Hall–Kier alpha value is -2.18. The van der Waals surface area contributed by atoms with Crippen LogP contribution in [0.2, 0.25) is 0 Å². The van der Waals surface area contributed by atoms with Gasteiger partial charge in [-0.2, -0.15) is 5.10 Å². The first kappa shape index (κ1) is 28.4. The van der Waals surface area contributed by atoms with Gasteiger partial charge in [-0.05, 0) is 104 Å². The van der Waals surface area contributed by atoms with Crippen LogP contribution in [0.25, 0.3) is 0 Å². The van der Waals surface area contributed by atoms with E-state index in [0.29, 0.717) is 0 Å². The molecule has 216 valence electrons. The molecule has 2 amide bonds. The molecular weight excluding hydrogens is 490 g/mol. The van der Waals surface area contributed by atoms with Crippen molar-refractivity contribution < 1.29 is 19.1 Å². The van der Waals surface area contributed by atoms with Crippen LogP contribution in [0.4, 0.5) is 4.79 Å². The molecule has 0 aromatic heterocycles. The van der Waals surface area contributed by atoms with Gasteiger partial charge in [-0.1, -0.05) is 47.1 Å². The number of fused-ring (bicyclic) bond motifs is 7. The summed E-state index contributed by atoms with van der Waals surface area (Å²) >= 11 is 0. The molecule has 0 spiro atoms. The van der Waals surface area contributed by atoms with E-state index < -0.39 is 11.4 Å². The lowest BCUT2D eigenvalue weighted by Gasteiger charge is -2.70. The van der Waals surface area contributed by atoms with Gasteiger partial charge in [-0.25, -0.2) is 10.2 Å². The zero-order valence-electron chi connectivity index (χ0n) is 25.3. The predicted molar refractivity (Wildman–Crippen MR) is 152 cm³/mol. The Morgan fingerprint density at radius 3 is 2.31 bits per heavy atom. The largest absolute Gasteiger partial charge is 0.469 e. The standard InChI is InChI=1S/C32H49N3O4/c1-27(2)22-9-12-32(7)24(30(22,5)11-10-23(27)34-35-26(33)38)21(36)17-19-20-18-29(4,25(37)39-8)14-13-28(20,3)15-16-31(19,32)6/h17,20,22,24H,9-16,18H2,1-8H3,(H3,33,35,38)/b34-23+/t20-,22?,24?,28+,29-,30-,31+,32+/m0/s1. The number of methoxy groups -OCH3 is 1. The molecule has 8 atom stereocenters. The normalized spacial score (nSPS) is 47.6. The summed E-state index contributed by atoms with van der Waals surface area (Å²) in [6.07, 6.45) is 10.5. The van der Waals surface area contributed by atoms with Crippen LogP contribution >= 0.6 is 0 Å². The summed E-state index contributed by atoms with van der Waals surface area (Å²) in [5.74, 6) is 0.576. The summed E-state index contributed by atoms with van der Waals surface area (Å²) in [5, 5.41) is 4.42. The molecule has 5 aliphatic rings. The number of allylic oxidation sites excluding steroid dienone is 2. The topological polar surface area (TPSA) is 111 Å². The number of ether oxygens (including phenoxy) is 1. The van der Waals surface area contributed by atoms with E-state index in [4.69, 9.17) is 10.5 Å². The second-order valence-corrected chi connectivity index (χ2v) is 15.5. The maximum absolute atomic E-state index is 14.5. The number of esters is 1. The number of nitrogens with one attached hydrogen (secondary N) is 1. The highest BCUT2D eigenvalue weighted by atomic mass is 16.5. The monoisotopic (exact) mass is 539 g/mol. The third-order valence-electron chi connectivity index (χ3n) is 13.3. The number of hydrogen-bond acceptors (Lipinski definition) is 5. The molecule has 0 aliphatic heterocycles. The molecule has 0 saturated heterocycles. The number of ketones is 1. The zero-order chi connectivity index (χ0) is 28.8. The molecule has 5 aliphatic carbocycles. The molecule has 2 unspecified atom stereocenters. The van der Waals surface area contributed by atoms with Gasteiger partial charge in [0.25, 0.3) is 0 Å². The number of rotatable bonds is 2. The van der Waals surface area contributed by atoms with Gasteiger partial charge in [0.2, 0.25) is 0 Å². The van der Waals surface area contributed by atoms with Crippen molar-refractivity contribution in [2.45, 2.75) is 106 Å². The highest BCUT2D eigenvalue weighted by Crippen LogP contribution is 2.74. The first-order chi connectivity index (χ1) is 18.0. The van der Waals surface area contributed by atoms with Gasteiger partial charge in [0.05, 0.1) is 12.5 Å². The highest BCUT2D eigenvalue weighted by Gasteiger charge is 2.70. The van der Waals surface area contributed by atoms with Crippen LogP contribution in [-0.2, 0) is 14.3 Å². The molecule has 0 heterocycles. The van der Waals surface area contributed by atoms with Crippen molar-refractivity contribution in [2.24, 2.45) is 61.1 Å². The molecule has 3 N–H and O–H groups in total. The van der Waals surface area contributed by atoms with Gasteiger partial charge in [-0.3, -0.25) is 9.59 Å². The molecule has 7 heteroatoms. The lowest BCUT2D eigenvalue weighted by molar-refractivity contribution is -0.176. The van der Waals surface area contributed by atoms with Crippen LogP contribution in [0.15, 0.2) is 16.8 Å². The number of amides is 2. The number of hydrogen-bond donors (Lipinski definition) is 2. The number of nitrogens with two attached hydrogens (primary N) is 1. The Bertz CT molecular complexity index is 1170. The lowest BCUT2D eigenvalue weighted by Crippen LogP contribution is -2.66. The average Bonchev–Trinajstić information content (AvgIpc) is 2.84. The number of nitrogens with zero attached hydrogens (tertiary/aromatic N) is 1. The van der Waals surface area contributed by atoms with Crippen LogP contribution < -0.4 is 11.2 Å². The zero-order valence-corrected chi connectivity index (χ0v) is 25.3. The second kappa shape index (κ2) is 8.66. The molecule has 4 fully saturated rings. The van der Waals surface area contributed by atoms with E-state index in [0.717, 1.165) is 63.5 Å². The van der Waals surface area contributed by atoms with Crippen LogP contribution in [-0.4, -0.2) is 30.6 Å². The minimum Gasteiger partial charge on any atom is -0.469 e. The van der Waals surface area contributed by atoms with E-state index in [2.05, 4.69) is 65.1 Å². The van der Waals surface area contributed by atoms with E-state index in [1.807, 2.05) is 0 Å². The van der Waals surface area contributed by atoms with Crippen molar-refractivity contribution in [1.29, 1.82) is 0 Å². The lowest BCUT2D eigenvalue weighted by atomic mass is 9.33. The smallest absolute Gasteiger partial charge is 0.332 e. The Morgan fingerprint density at radius 1 is 1.00 bits per heavy atom. The molecule has 0 aromatic carbocycles. The van der Waals surface area contributed by atoms with E-state index in [1.165, 1.54) is 12.7 Å². The summed E-state index contributed by atoms with van der Waals surface area (Å²) in [5.41, 5.74) is 8.98. The number of urea groups is 1. The van der Waals surface area contributed by atoms with Gasteiger partial charge in [0.1, 0.15) is 0 Å². The van der Waals surface area contributed by atoms with Crippen molar-refractivity contribution in [3.8, 4) is 0 Å². The summed E-state index contributed by atoms with van der Waals surface area (Å²) in [6, 6.07) is -0.647. The van der Waals surface area contributed by atoms with Crippen LogP contribution in [0.1, 0.15) is 106 Å². The van der Waals surface area contributed by atoms with Crippen molar-refractivity contribution in [1.82, 2.24) is 5.43 Å². The van der Waals surface area contributed by atoms with Gasteiger partial charge in [0, 0.05) is 17.0 Å². The van der Waals surface area contributed by atoms with Crippen molar-refractivity contribution >= 4 is 23.5 Å². The van der Waals surface area contributed by atoms with E-state index >= 15 is 0 Å². The fourth-order valence-corrected chi connectivity index (χ4v) is 10.7.